The van der Waals surface area contributed by atoms with Crippen molar-refractivity contribution in [3.8, 4) is 0 Å². The maximum Gasteiger partial charge on any atom is 0.416 e. The number of primary amides is 1. The van der Waals surface area contributed by atoms with Crippen molar-refractivity contribution in [3.05, 3.63) is 77.5 Å². The summed E-state index contributed by atoms with van der Waals surface area (Å²) in [5, 5.41) is 6.61. The molecule has 0 radical (unpaired) electrons. The molecule has 1 aliphatic heterocycles. The van der Waals surface area contributed by atoms with E-state index in [1.807, 2.05) is 18.2 Å². The first-order chi connectivity index (χ1) is 14.3. The lowest BCUT2D eigenvalue weighted by Crippen LogP contribution is -2.37. The zero-order valence-corrected chi connectivity index (χ0v) is 15.4. The second-order valence-electron chi connectivity index (χ2n) is 6.73. The summed E-state index contributed by atoms with van der Waals surface area (Å²) in [6.45, 7) is 0.267. The Bertz CT molecular complexity index is 1110. The van der Waals surface area contributed by atoms with Crippen molar-refractivity contribution in [2.45, 2.75) is 18.8 Å². The van der Waals surface area contributed by atoms with Crippen LogP contribution in [0.5, 0.6) is 0 Å². The van der Waals surface area contributed by atoms with Gasteiger partial charge in [0.15, 0.2) is 0 Å². The fraction of sp³-hybridized carbons (Fsp3) is 0.150. The fourth-order valence-electron chi connectivity index (χ4n) is 3.46. The minimum Gasteiger partial charge on any atom is -0.365 e. The highest BCUT2D eigenvalue weighted by atomic mass is 19.4. The number of urea groups is 1. The van der Waals surface area contributed by atoms with Gasteiger partial charge < -0.3 is 11.1 Å². The molecule has 0 spiro atoms. The summed E-state index contributed by atoms with van der Waals surface area (Å²) in [6, 6.07) is 12.1. The van der Waals surface area contributed by atoms with Crippen LogP contribution in [0.4, 0.5) is 29.5 Å². The van der Waals surface area contributed by atoms with E-state index in [0.717, 1.165) is 17.7 Å². The number of hydrogen-bond donors (Lipinski definition) is 2. The monoisotopic (exact) mass is 415 g/mol. The molecule has 2 heterocycles. The molecule has 0 fully saturated rings. The van der Waals surface area contributed by atoms with Gasteiger partial charge in [-0.1, -0.05) is 36.4 Å². The van der Waals surface area contributed by atoms with E-state index in [1.165, 1.54) is 27.9 Å². The predicted octanol–water partition coefficient (Wildman–Crippen LogP) is 3.79. The third-order valence-corrected chi connectivity index (χ3v) is 4.81. The van der Waals surface area contributed by atoms with Gasteiger partial charge in [-0.15, -0.1) is 0 Å². The minimum absolute atomic E-state index is 0.0276. The summed E-state index contributed by atoms with van der Waals surface area (Å²) < 4.78 is 40.5. The molecule has 1 aromatic heterocycles. The van der Waals surface area contributed by atoms with Gasteiger partial charge in [0, 0.05) is 5.69 Å². The van der Waals surface area contributed by atoms with Crippen molar-refractivity contribution in [2.24, 2.45) is 5.73 Å². The number of nitrogens with two attached hydrogens (primary N) is 1. The number of nitrogens with one attached hydrogen (secondary N) is 1. The molecule has 2 aromatic carbocycles. The van der Waals surface area contributed by atoms with Gasteiger partial charge in [-0.25, -0.2) is 9.48 Å². The number of amides is 3. The third-order valence-electron chi connectivity index (χ3n) is 4.81. The first-order valence-corrected chi connectivity index (χ1v) is 8.93. The van der Waals surface area contributed by atoms with Crippen LogP contribution in [0.3, 0.4) is 0 Å². The number of benzene rings is 2. The number of fused-ring (bicyclic) bond motifs is 1. The molecule has 0 bridgehead atoms. The van der Waals surface area contributed by atoms with Crippen LogP contribution in [0.15, 0.2) is 60.8 Å². The number of nitrogens with zero attached hydrogens (tertiary/aromatic N) is 3. The van der Waals surface area contributed by atoms with Crippen molar-refractivity contribution in [1.82, 2.24) is 9.78 Å². The van der Waals surface area contributed by atoms with Crippen molar-refractivity contribution >= 4 is 23.4 Å². The lowest BCUT2D eigenvalue weighted by molar-refractivity contribution is -0.137. The van der Waals surface area contributed by atoms with Crippen molar-refractivity contribution in [1.29, 1.82) is 0 Å². The summed E-state index contributed by atoms with van der Waals surface area (Å²) in [6.07, 6.45) is -3.28. The summed E-state index contributed by atoms with van der Waals surface area (Å²) in [7, 11) is 0. The van der Waals surface area contributed by atoms with E-state index in [-0.39, 0.29) is 23.6 Å². The summed E-state index contributed by atoms with van der Waals surface area (Å²) in [4.78, 5) is 26.3. The van der Waals surface area contributed by atoms with Crippen LogP contribution in [0, 0.1) is 0 Å². The molecule has 0 aliphatic carbocycles. The average molecular weight is 415 g/mol. The average Bonchev–Trinajstić information content (AvgIpc) is 3.27. The summed E-state index contributed by atoms with van der Waals surface area (Å²) >= 11 is 0. The highest BCUT2D eigenvalue weighted by Crippen LogP contribution is 2.38. The number of carbonyl (C=O) groups excluding carboxylic acids is 2. The van der Waals surface area contributed by atoms with E-state index in [1.54, 1.807) is 12.1 Å². The molecule has 154 valence electrons. The summed E-state index contributed by atoms with van der Waals surface area (Å²) in [5.74, 6) is -0.567. The molecular weight excluding hydrogens is 399 g/mol. The zero-order chi connectivity index (χ0) is 21.5. The Kier molecular flexibility index (Phi) is 4.69. The van der Waals surface area contributed by atoms with Gasteiger partial charge in [0.05, 0.1) is 24.3 Å². The van der Waals surface area contributed by atoms with E-state index in [9.17, 15) is 22.8 Å². The summed E-state index contributed by atoms with van der Waals surface area (Å²) in [5.41, 5.74) is 5.33. The van der Waals surface area contributed by atoms with Crippen LogP contribution < -0.4 is 16.0 Å². The number of halogens is 3. The highest BCUT2D eigenvalue weighted by Gasteiger charge is 2.39. The largest absolute Gasteiger partial charge is 0.416 e. The number of carbonyl (C=O) groups is 2. The maximum atomic E-state index is 13.1. The molecule has 1 aliphatic rings. The van der Waals surface area contributed by atoms with Gasteiger partial charge in [-0.2, -0.15) is 18.3 Å². The van der Waals surface area contributed by atoms with E-state index >= 15 is 0 Å². The number of aromatic nitrogens is 2. The molecule has 0 saturated carbocycles. The third kappa shape index (κ3) is 3.47. The topological polar surface area (TPSA) is 93.2 Å². The number of anilines is 2. The molecule has 10 heteroatoms. The Balaban J connectivity index is 1.71. The standard InChI is InChI=1S/C20H16F3N5O2/c21-20(22,23)13-7-4-8-14(9-13)26-19(30)28-16(12-5-2-1-3-6-12)11-27-18(28)15(10-25-27)17(24)29/h1-10,16H,11H2,(H2,24,29)(H,26,30). The fourth-order valence-corrected chi connectivity index (χ4v) is 3.46. The van der Waals surface area contributed by atoms with Crippen molar-refractivity contribution in [3.63, 3.8) is 0 Å². The number of alkyl halides is 3. The second kappa shape index (κ2) is 7.21. The molecule has 1 atom stereocenters. The lowest BCUT2D eigenvalue weighted by Gasteiger charge is -2.25. The van der Waals surface area contributed by atoms with E-state index < -0.39 is 29.7 Å². The van der Waals surface area contributed by atoms with Crippen molar-refractivity contribution < 1.29 is 22.8 Å². The van der Waals surface area contributed by atoms with Crippen LogP contribution in [0.25, 0.3) is 0 Å². The van der Waals surface area contributed by atoms with Gasteiger partial charge in [0.25, 0.3) is 5.91 Å². The van der Waals surface area contributed by atoms with Gasteiger partial charge in [-0.05, 0) is 23.8 Å². The molecule has 3 amide bonds. The first kappa shape index (κ1) is 19.5. The molecule has 0 saturated heterocycles. The second-order valence-corrected chi connectivity index (χ2v) is 6.73. The van der Waals surface area contributed by atoms with Gasteiger partial charge >= 0.3 is 12.2 Å². The van der Waals surface area contributed by atoms with Crippen LogP contribution in [0.1, 0.15) is 27.5 Å². The smallest absolute Gasteiger partial charge is 0.365 e. The van der Waals surface area contributed by atoms with Crippen LogP contribution >= 0.6 is 0 Å². The normalized spacial score (nSPS) is 15.7. The molecule has 4 rings (SSSR count). The molecule has 7 nitrogen and oxygen atoms in total. The number of rotatable bonds is 3. The molecule has 1 unspecified atom stereocenters. The Morgan fingerprint density at radius 3 is 2.50 bits per heavy atom. The van der Waals surface area contributed by atoms with Crippen LogP contribution in [-0.4, -0.2) is 21.7 Å². The Morgan fingerprint density at radius 1 is 1.10 bits per heavy atom. The maximum absolute atomic E-state index is 13.1. The van der Waals surface area contributed by atoms with Gasteiger partial charge in [0.2, 0.25) is 0 Å². The van der Waals surface area contributed by atoms with Gasteiger partial charge in [-0.3, -0.25) is 9.69 Å². The van der Waals surface area contributed by atoms with E-state index in [2.05, 4.69) is 10.4 Å². The highest BCUT2D eigenvalue weighted by molar-refractivity contribution is 6.07. The Labute approximate surface area is 168 Å². The molecule has 3 N–H and O–H groups in total. The molecule has 30 heavy (non-hydrogen) atoms. The van der Waals surface area contributed by atoms with Crippen LogP contribution in [-0.2, 0) is 12.7 Å². The van der Waals surface area contributed by atoms with E-state index in [0.29, 0.717) is 0 Å². The minimum atomic E-state index is -4.54. The van der Waals surface area contributed by atoms with Gasteiger partial charge in [0.1, 0.15) is 11.4 Å². The predicted molar refractivity (Wildman–Crippen MR) is 103 cm³/mol. The quantitative estimate of drug-likeness (QED) is 0.682. The molecule has 3 aromatic rings. The number of hydrogen-bond acceptors (Lipinski definition) is 3. The SMILES string of the molecule is NC(=O)c1cnn2c1N(C(=O)Nc1cccc(C(F)(F)F)c1)C(c1ccccc1)C2. The Hall–Kier alpha value is -3.82. The zero-order valence-electron chi connectivity index (χ0n) is 15.4. The lowest BCUT2D eigenvalue weighted by atomic mass is 10.1. The van der Waals surface area contributed by atoms with Crippen molar-refractivity contribution in [2.75, 3.05) is 10.2 Å². The van der Waals surface area contributed by atoms with Crippen LogP contribution in [0.2, 0.25) is 0 Å². The Morgan fingerprint density at radius 2 is 1.83 bits per heavy atom. The first-order valence-electron chi connectivity index (χ1n) is 8.93. The van der Waals surface area contributed by atoms with E-state index in [4.69, 9.17) is 5.73 Å². The molecular formula is C20H16F3N5O2.